The zero-order valence-corrected chi connectivity index (χ0v) is 18.5. The van der Waals surface area contributed by atoms with Crippen LogP contribution in [0.25, 0.3) is 0 Å². The summed E-state index contributed by atoms with van der Waals surface area (Å²) < 4.78 is 0. The standard InChI is InChI=1S/C24H34N2O3S/c27-15-20-9-5-13-26(20)24(29)22-23(30-16-25-22)21(28)10-4-1-6-17-11-12-18-7-2-3-8-19(18)14-17/h2-3,7-8,17,20,22-23,25,27H,1,4-6,9-16H2/t17-,20+,22+,23?/m1/s1. The van der Waals surface area contributed by atoms with Gasteiger partial charge in [-0.3, -0.25) is 14.9 Å². The van der Waals surface area contributed by atoms with Gasteiger partial charge in [-0.2, -0.15) is 0 Å². The Bertz CT molecular complexity index is 756. The molecule has 4 atom stereocenters. The maximum Gasteiger partial charge on any atom is 0.241 e. The molecule has 1 aromatic rings. The van der Waals surface area contributed by atoms with Gasteiger partial charge in [-0.25, -0.2) is 0 Å². The fourth-order valence-electron chi connectivity index (χ4n) is 5.31. The van der Waals surface area contributed by atoms with Gasteiger partial charge in [-0.05, 0) is 55.6 Å². The zero-order chi connectivity index (χ0) is 20.9. The first-order valence-electron chi connectivity index (χ1n) is 11.5. The van der Waals surface area contributed by atoms with E-state index in [1.54, 1.807) is 16.7 Å². The van der Waals surface area contributed by atoms with E-state index in [1.807, 2.05) is 0 Å². The number of likely N-dealkylation sites (tertiary alicyclic amines) is 1. The topological polar surface area (TPSA) is 69.6 Å². The van der Waals surface area contributed by atoms with E-state index < -0.39 is 6.04 Å². The number of nitrogens with zero attached hydrogens (tertiary/aromatic N) is 1. The van der Waals surface area contributed by atoms with Gasteiger partial charge in [0.2, 0.25) is 5.91 Å². The molecule has 0 aromatic heterocycles. The molecule has 2 aliphatic heterocycles. The summed E-state index contributed by atoms with van der Waals surface area (Å²) in [5.41, 5.74) is 3.01. The monoisotopic (exact) mass is 430 g/mol. The number of ketones is 1. The van der Waals surface area contributed by atoms with Crippen molar-refractivity contribution < 1.29 is 14.7 Å². The van der Waals surface area contributed by atoms with Crippen LogP contribution in [0.3, 0.4) is 0 Å². The molecule has 1 amide bonds. The average molecular weight is 431 g/mol. The Labute approximate surface area is 184 Å². The summed E-state index contributed by atoms with van der Waals surface area (Å²) in [5.74, 6) is 1.58. The number of rotatable bonds is 8. The van der Waals surface area contributed by atoms with Gasteiger partial charge in [0, 0.05) is 18.8 Å². The number of thioether (sulfide) groups is 1. The molecular weight excluding hydrogens is 396 g/mol. The van der Waals surface area contributed by atoms with E-state index in [1.165, 1.54) is 36.8 Å². The third-order valence-electron chi connectivity index (χ3n) is 7.06. The van der Waals surface area contributed by atoms with Crippen molar-refractivity contribution in [2.75, 3.05) is 19.0 Å². The van der Waals surface area contributed by atoms with Gasteiger partial charge in [-0.15, -0.1) is 11.8 Å². The molecule has 0 spiro atoms. The van der Waals surface area contributed by atoms with E-state index in [0.717, 1.165) is 31.6 Å². The summed E-state index contributed by atoms with van der Waals surface area (Å²) in [5, 5.41) is 12.5. The predicted octanol–water partition coefficient (Wildman–Crippen LogP) is 2.94. The van der Waals surface area contributed by atoms with Gasteiger partial charge in [0.05, 0.1) is 17.9 Å². The second kappa shape index (κ2) is 10.3. The van der Waals surface area contributed by atoms with E-state index in [2.05, 4.69) is 29.6 Å². The molecule has 5 nitrogen and oxygen atoms in total. The third-order valence-corrected chi connectivity index (χ3v) is 8.29. The lowest BCUT2D eigenvalue weighted by Gasteiger charge is -2.28. The van der Waals surface area contributed by atoms with Crippen LogP contribution in [0.2, 0.25) is 0 Å². The summed E-state index contributed by atoms with van der Waals surface area (Å²) in [6.07, 6.45) is 9.14. The summed E-state index contributed by atoms with van der Waals surface area (Å²) in [6.45, 7) is 0.703. The normalized spacial score (nSPS) is 28.5. The first kappa shape index (κ1) is 21.8. The van der Waals surface area contributed by atoms with Crippen molar-refractivity contribution in [3.05, 3.63) is 35.4 Å². The van der Waals surface area contributed by atoms with E-state index in [4.69, 9.17) is 0 Å². The molecule has 1 aliphatic carbocycles. The molecule has 4 rings (SSSR count). The van der Waals surface area contributed by atoms with Gasteiger partial charge in [0.1, 0.15) is 11.8 Å². The largest absolute Gasteiger partial charge is 0.394 e. The third kappa shape index (κ3) is 4.92. The molecule has 0 radical (unpaired) electrons. The number of aliphatic hydroxyl groups excluding tert-OH is 1. The number of nitrogens with one attached hydrogen (secondary N) is 1. The van der Waals surface area contributed by atoms with Crippen LogP contribution < -0.4 is 5.32 Å². The Hall–Kier alpha value is -1.37. The summed E-state index contributed by atoms with van der Waals surface area (Å²) in [6, 6.07) is 8.27. The first-order chi connectivity index (χ1) is 14.7. The number of aryl methyl sites for hydroxylation is 1. The molecule has 0 saturated carbocycles. The number of hydrogen-bond acceptors (Lipinski definition) is 5. The number of hydrogen-bond donors (Lipinski definition) is 2. The van der Waals surface area contributed by atoms with E-state index in [-0.39, 0.29) is 29.6 Å². The van der Waals surface area contributed by atoms with Crippen molar-refractivity contribution in [1.29, 1.82) is 0 Å². The highest BCUT2D eigenvalue weighted by Gasteiger charge is 2.42. The number of aliphatic hydroxyl groups is 1. The van der Waals surface area contributed by atoms with Crippen molar-refractivity contribution in [3.63, 3.8) is 0 Å². The summed E-state index contributed by atoms with van der Waals surface area (Å²) in [7, 11) is 0. The van der Waals surface area contributed by atoms with Gasteiger partial charge in [0.25, 0.3) is 0 Å². The van der Waals surface area contributed by atoms with Crippen LogP contribution in [0.5, 0.6) is 0 Å². The lowest BCUT2D eigenvalue weighted by atomic mass is 9.81. The van der Waals surface area contributed by atoms with Gasteiger partial charge >= 0.3 is 0 Å². The smallest absolute Gasteiger partial charge is 0.241 e. The van der Waals surface area contributed by atoms with Crippen LogP contribution in [0, 0.1) is 5.92 Å². The fourth-order valence-corrected chi connectivity index (χ4v) is 6.48. The van der Waals surface area contributed by atoms with E-state index in [0.29, 0.717) is 18.8 Å². The first-order valence-corrected chi connectivity index (χ1v) is 12.6. The average Bonchev–Trinajstić information content (AvgIpc) is 3.45. The number of unbranched alkanes of at least 4 members (excludes halogenated alkanes) is 1. The molecule has 2 saturated heterocycles. The van der Waals surface area contributed by atoms with Crippen LogP contribution in [0.15, 0.2) is 24.3 Å². The number of carbonyl (C=O) groups is 2. The predicted molar refractivity (Wildman–Crippen MR) is 120 cm³/mol. The molecule has 30 heavy (non-hydrogen) atoms. The number of carbonyl (C=O) groups excluding carboxylic acids is 2. The SMILES string of the molecule is O=C(CCCC[C@@H]1CCc2ccccc2C1)C1SCN[C@@H]1C(=O)N1CCC[C@H]1CO. The van der Waals surface area contributed by atoms with Gasteiger partial charge in [0.15, 0.2) is 0 Å². The molecule has 1 aromatic carbocycles. The number of benzene rings is 1. The van der Waals surface area contributed by atoms with Gasteiger partial charge < -0.3 is 10.0 Å². The zero-order valence-electron chi connectivity index (χ0n) is 17.7. The fraction of sp³-hybridized carbons (Fsp3) is 0.667. The Morgan fingerprint density at radius 1 is 1.17 bits per heavy atom. The van der Waals surface area contributed by atoms with Crippen LogP contribution in [-0.4, -0.2) is 58.1 Å². The minimum atomic E-state index is -0.426. The van der Waals surface area contributed by atoms with Crippen LogP contribution >= 0.6 is 11.8 Å². The molecule has 2 heterocycles. The molecule has 2 N–H and O–H groups in total. The maximum atomic E-state index is 13.0. The van der Waals surface area contributed by atoms with E-state index in [9.17, 15) is 14.7 Å². The van der Waals surface area contributed by atoms with Crippen LogP contribution in [0.4, 0.5) is 0 Å². The van der Waals surface area contributed by atoms with Crippen molar-refractivity contribution in [2.24, 2.45) is 5.92 Å². The molecule has 1 unspecified atom stereocenters. The minimum absolute atomic E-state index is 0.00392. The highest BCUT2D eigenvalue weighted by molar-refractivity contribution is 8.00. The van der Waals surface area contributed by atoms with E-state index >= 15 is 0 Å². The molecule has 0 bridgehead atoms. The molecule has 164 valence electrons. The lowest BCUT2D eigenvalue weighted by molar-refractivity contribution is -0.136. The summed E-state index contributed by atoms with van der Waals surface area (Å²) >= 11 is 1.56. The minimum Gasteiger partial charge on any atom is -0.394 e. The highest BCUT2D eigenvalue weighted by Crippen LogP contribution is 2.30. The Kier molecular flexibility index (Phi) is 7.50. The van der Waals surface area contributed by atoms with Crippen molar-refractivity contribution >= 4 is 23.5 Å². The summed E-state index contributed by atoms with van der Waals surface area (Å²) in [4.78, 5) is 27.6. The quantitative estimate of drug-likeness (QED) is 0.621. The molecule has 3 aliphatic rings. The number of amides is 1. The highest BCUT2D eigenvalue weighted by atomic mass is 32.2. The number of Topliss-reactive ketones (excluding diaryl/α,β-unsaturated/α-hetero) is 1. The van der Waals surface area contributed by atoms with Crippen molar-refractivity contribution in [1.82, 2.24) is 10.2 Å². The van der Waals surface area contributed by atoms with Crippen LogP contribution in [-0.2, 0) is 22.4 Å². The molecular formula is C24H34N2O3S. The maximum absolute atomic E-state index is 13.0. The second-order valence-corrected chi connectivity index (χ2v) is 10.1. The van der Waals surface area contributed by atoms with Crippen molar-refractivity contribution in [3.8, 4) is 0 Å². The van der Waals surface area contributed by atoms with Crippen molar-refractivity contribution in [2.45, 2.75) is 75.1 Å². The second-order valence-electron chi connectivity index (χ2n) is 9.01. The Morgan fingerprint density at radius 2 is 2.00 bits per heavy atom. The van der Waals surface area contributed by atoms with Crippen LogP contribution in [0.1, 0.15) is 56.1 Å². The number of fused-ring (bicyclic) bond motifs is 1. The Morgan fingerprint density at radius 3 is 2.83 bits per heavy atom. The molecule has 6 heteroatoms. The lowest BCUT2D eigenvalue weighted by Crippen LogP contribution is -2.51. The molecule has 2 fully saturated rings. The van der Waals surface area contributed by atoms with Gasteiger partial charge in [-0.1, -0.05) is 37.1 Å². The Balaban J connectivity index is 1.21.